The van der Waals surface area contributed by atoms with Gasteiger partial charge in [-0.2, -0.15) is 10.5 Å². The predicted molar refractivity (Wildman–Crippen MR) is 285 cm³/mol. The first kappa shape index (κ1) is 51.9. The molecule has 4 aliphatic heterocycles. The van der Waals surface area contributed by atoms with Crippen molar-refractivity contribution in [3.05, 3.63) is 212 Å². The number of nitrogens with zero attached hydrogens (tertiary/aromatic N) is 5. The Bertz CT molecular complexity index is 3310. The van der Waals surface area contributed by atoms with E-state index < -0.39 is 64.1 Å². The van der Waals surface area contributed by atoms with E-state index in [0.717, 1.165) is 23.5 Å². The van der Waals surface area contributed by atoms with Crippen molar-refractivity contribution >= 4 is 76.1 Å². The van der Waals surface area contributed by atoms with Crippen molar-refractivity contribution in [1.82, 2.24) is 4.90 Å². The van der Waals surface area contributed by atoms with Gasteiger partial charge in [-0.05, 0) is 53.1 Å². The zero-order chi connectivity index (χ0) is 53.8. The number of benzene rings is 4. The highest BCUT2D eigenvalue weighted by Crippen LogP contribution is 2.53. The van der Waals surface area contributed by atoms with E-state index in [4.69, 9.17) is 51.8 Å². The first-order chi connectivity index (χ1) is 37.4. The summed E-state index contributed by atoms with van der Waals surface area (Å²) in [6.07, 6.45) is 6.99. The normalized spacial score (nSPS) is 21.7. The van der Waals surface area contributed by atoms with E-state index in [9.17, 15) is 24.9 Å². The van der Waals surface area contributed by atoms with Crippen LogP contribution in [0.15, 0.2) is 199 Å². The van der Waals surface area contributed by atoms with Crippen LogP contribution in [0.25, 0.3) is 0 Å². The maximum atomic E-state index is 15.0. The van der Waals surface area contributed by atoms with Gasteiger partial charge >= 0.3 is 35.1 Å². The summed E-state index contributed by atoms with van der Waals surface area (Å²) >= 11 is 6.68. The van der Waals surface area contributed by atoms with Gasteiger partial charge in [0.15, 0.2) is 15.8 Å². The van der Waals surface area contributed by atoms with E-state index in [-0.39, 0.29) is 75.9 Å². The van der Waals surface area contributed by atoms with Gasteiger partial charge in [0, 0.05) is 34.4 Å². The van der Waals surface area contributed by atoms with Gasteiger partial charge in [-0.15, -0.1) is 12.6 Å². The molecule has 4 atom stereocenters. The number of rotatable bonds is 13. The number of esters is 4. The van der Waals surface area contributed by atoms with Crippen LogP contribution in [0.4, 0.5) is 0 Å². The lowest BCUT2D eigenvalue weighted by Crippen LogP contribution is -2.63. The lowest BCUT2D eigenvalue weighted by atomic mass is 9.75. The highest BCUT2D eigenvalue weighted by molar-refractivity contribution is 8.20. The third kappa shape index (κ3) is 9.83. The SMILES string of the molecule is CCN1C(=O)/C(=N/C2=NC3C(S2)C2=CC4C=C5OC(C(=O)OCc6ccccc6)(C(=O)OCc6ccccc6)C(N)=C(S)C5=CC4C=C2OC3(C(=O)OCc2ccccc2)C(=O)OCc2ccccc2)SC1=C(C#N)C#N. The average molecular weight is 1090 g/mol. The Balaban J connectivity index is 1.06. The molecule has 2 N–H and O–H groups in total. The number of aliphatic imine (C=N–C) groups is 2. The summed E-state index contributed by atoms with van der Waals surface area (Å²) in [5.41, 5.74) is 4.15. The van der Waals surface area contributed by atoms with Crippen LogP contribution in [-0.2, 0) is 78.8 Å². The zero-order valence-electron chi connectivity index (χ0n) is 40.8. The second kappa shape index (κ2) is 22.0. The first-order valence-electron chi connectivity index (χ1n) is 24.1. The summed E-state index contributed by atoms with van der Waals surface area (Å²) in [5.74, 6) is -6.14. The third-order valence-electron chi connectivity index (χ3n) is 13.2. The van der Waals surface area contributed by atoms with E-state index in [1.54, 1.807) is 146 Å². The first-order valence-corrected chi connectivity index (χ1v) is 26.2. The van der Waals surface area contributed by atoms with Gasteiger partial charge < -0.3 is 34.2 Å². The molecule has 4 aromatic carbocycles. The van der Waals surface area contributed by atoms with Crippen LogP contribution in [-0.4, -0.2) is 73.9 Å². The molecule has 0 spiro atoms. The maximum Gasteiger partial charge on any atom is 0.369 e. The Labute approximate surface area is 455 Å². The number of amidine groups is 1. The highest BCUT2D eigenvalue weighted by Gasteiger charge is 2.67. The molecule has 0 saturated carbocycles. The second-order valence-corrected chi connectivity index (χ2v) is 20.4. The molecule has 17 nitrogen and oxygen atoms in total. The fourth-order valence-electron chi connectivity index (χ4n) is 9.26. The molecular formula is C57H44N6O11S3. The van der Waals surface area contributed by atoms with Crippen molar-refractivity contribution in [2.75, 3.05) is 6.54 Å². The third-order valence-corrected chi connectivity index (χ3v) is 15.9. The van der Waals surface area contributed by atoms with Crippen LogP contribution in [0.2, 0.25) is 0 Å². The molecule has 2 fully saturated rings. The number of hydrogen-bond donors (Lipinski definition) is 2. The Morgan fingerprint density at radius 3 is 1.65 bits per heavy atom. The summed E-state index contributed by atoms with van der Waals surface area (Å²) in [7, 11) is 0. The highest BCUT2D eigenvalue weighted by atomic mass is 32.2. The number of thioether (sulfide) groups is 2. The molecule has 77 heavy (non-hydrogen) atoms. The summed E-state index contributed by atoms with van der Waals surface area (Å²) in [5, 5.41) is 18.5. The summed E-state index contributed by atoms with van der Waals surface area (Å²) in [6.45, 7) is 0.854. The summed E-state index contributed by atoms with van der Waals surface area (Å²) in [4.78, 5) is 83.6. The zero-order valence-corrected chi connectivity index (χ0v) is 43.3. The molecular weight excluding hydrogens is 1040 g/mol. The van der Waals surface area contributed by atoms with E-state index >= 15 is 9.59 Å². The fraction of sp³-hybridized carbons (Fsp3) is 0.211. The van der Waals surface area contributed by atoms with Gasteiger partial charge in [-0.25, -0.2) is 24.2 Å². The number of thiol groups is 1. The minimum atomic E-state index is -2.64. The molecule has 6 aliphatic rings. The molecule has 0 aromatic heterocycles. The topological polar surface area (TPSA) is 242 Å². The number of amides is 1. The molecule has 0 radical (unpaired) electrons. The number of carbonyl (C=O) groups is 5. The quantitative estimate of drug-likeness (QED) is 0.0431. The number of allylic oxidation sites excluding steroid dienone is 7. The van der Waals surface area contributed by atoms with Crippen molar-refractivity contribution in [1.29, 1.82) is 10.5 Å². The van der Waals surface area contributed by atoms with Gasteiger partial charge in [0.1, 0.15) is 61.2 Å². The largest absolute Gasteiger partial charge is 0.462 e. The number of ether oxygens (including phenoxy) is 6. The molecule has 20 heteroatoms. The van der Waals surface area contributed by atoms with Crippen molar-refractivity contribution in [2.24, 2.45) is 27.6 Å². The minimum Gasteiger partial charge on any atom is -0.462 e. The van der Waals surface area contributed by atoms with Crippen LogP contribution in [0.5, 0.6) is 0 Å². The van der Waals surface area contributed by atoms with E-state index in [0.29, 0.717) is 33.4 Å². The average Bonchev–Trinajstić information content (AvgIpc) is 4.09. The van der Waals surface area contributed by atoms with Gasteiger partial charge in [-0.3, -0.25) is 14.7 Å². The Morgan fingerprint density at radius 1 is 0.701 bits per heavy atom. The molecule has 10 rings (SSSR count). The maximum absolute atomic E-state index is 15.0. The monoisotopic (exact) mass is 1080 g/mol. The van der Waals surface area contributed by atoms with Crippen LogP contribution in [0, 0.1) is 34.5 Å². The predicted octanol–water partition coefficient (Wildman–Crippen LogP) is 7.57. The molecule has 0 bridgehead atoms. The lowest BCUT2D eigenvalue weighted by Gasteiger charge is -2.44. The van der Waals surface area contributed by atoms with Crippen LogP contribution in [0.1, 0.15) is 29.2 Å². The van der Waals surface area contributed by atoms with Crippen molar-refractivity contribution in [3.63, 3.8) is 0 Å². The van der Waals surface area contributed by atoms with Gasteiger partial charge in [0.25, 0.3) is 5.91 Å². The minimum absolute atomic E-state index is 0.0227. The molecule has 4 aromatic rings. The standard InChI is InChI=1S/C57H44N6O11S3/c1-2-63-49(64)48(77-50(63)39(27-58)28-59)62-55-61-47-45(76-55)41-24-38-25-42-40(44(75)46(60)56(73-42,51(65)69-29-33-15-7-3-8-16-33)52(66)70-30-34-17-9-4-10-18-34)23-37(38)26-43(41)74-57(47,53(67)71-31-35-19-11-5-12-20-35)54(68)72-32-36-21-13-6-14-22-36/h3-26,37-38,45,47,75H,2,29-32,60H2,1H3/b62-48-. The number of fused-ring (bicyclic) bond motifs is 5. The van der Waals surface area contributed by atoms with Gasteiger partial charge in [0.2, 0.25) is 0 Å². The number of carbonyl (C=O) groups excluding carboxylic acids is 5. The van der Waals surface area contributed by atoms with Gasteiger partial charge in [-0.1, -0.05) is 145 Å². The molecule has 2 aliphatic carbocycles. The molecule has 4 heterocycles. The number of nitriles is 2. The molecule has 386 valence electrons. The number of hydrogen-bond acceptors (Lipinski definition) is 19. The van der Waals surface area contributed by atoms with E-state index in [2.05, 4.69) is 4.99 Å². The summed E-state index contributed by atoms with van der Waals surface area (Å²) < 4.78 is 36.7. The molecule has 4 unspecified atom stereocenters. The van der Waals surface area contributed by atoms with Crippen molar-refractivity contribution < 1.29 is 52.4 Å². The number of nitrogens with two attached hydrogens (primary N) is 1. The van der Waals surface area contributed by atoms with Gasteiger partial charge in [0.05, 0.1) is 10.9 Å². The van der Waals surface area contributed by atoms with Crippen LogP contribution < -0.4 is 5.73 Å². The Morgan fingerprint density at radius 2 is 1.17 bits per heavy atom. The van der Waals surface area contributed by atoms with E-state index in [1.807, 2.05) is 18.2 Å². The lowest BCUT2D eigenvalue weighted by molar-refractivity contribution is -0.192. The van der Waals surface area contributed by atoms with Crippen molar-refractivity contribution in [3.8, 4) is 12.1 Å². The van der Waals surface area contributed by atoms with E-state index in [1.165, 1.54) is 4.90 Å². The Hall–Kier alpha value is -8.56. The van der Waals surface area contributed by atoms with Crippen molar-refractivity contribution in [2.45, 2.75) is 55.8 Å². The smallest absolute Gasteiger partial charge is 0.369 e. The van der Waals surface area contributed by atoms with Crippen LogP contribution >= 0.6 is 36.2 Å². The fourth-order valence-corrected chi connectivity index (χ4v) is 11.9. The van der Waals surface area contributed by atoms with Crippen LogP contribution in [0.3, 0.4) is 0 Å². The summed E-state index contributed by atoms with van der Waals surface area (Å²) in [6, 6.07) is 37.6. The second-order valence-electron chi connectivity index (χ2n) is 17.9. The molecule has 1 amide bonds. The molecule has 2 saturated heterocycles. The Kier molecular flexibility index (Phi) is 14.8.